The molecule has 2 bridgehead atoms. The Balaban J connectivity index is 1.64. The van der Waals surface area contributed by atoms with Crippen LogP contribution in [-0.4, -0.2) is 56.9 Å². The average molecular weight is 528 g/mol. The number of aryl methyl sites for hydroxylation is 1. The first-order chi connectivity index (χ1) is 17.2. The minimum Gasteiger partial charge on any atom is -0.394 e. The maximum absolute atomic E-state index is 14.2. The van der Waals surface area contributed by atoms with Crippen molar-refractivity contribution < 1.29 is 19.5 Å². The highest BCUT2D eigenvalue weighted by Crippen LogP contribution is 2.72. The van der Waals surface area contributed by atoms with Crippen LogP contribution in [-0.2, 0) is 14.4 Å². The number of aliphatic hydroxyl groups is 1. The maximum Gasteiger partial charge on any atom is 0.248 e. The summed E-state index contributed by atoms with van der Waals surface area (Å²) in [6, 6.07) is 13.0. The Kier molecular flexibility index (Phi) is 6.34. The van der Waals surface area contributed by atoms with Crippen LogP contribution in [0.2, 0.25) is 5.02 Å². The van der Waals surface area contributed by atoms with E-state index in [1.54, 1.807) is 24.9 Å². The molecule has 3 aliphatic rings. The number of nitrogens with one attached hydrogen (secondary N) is 2. The zero-order valence-corrected chi connectivity index (χ0v) is 22.0. The summed E-state index contributed by atoms with van der Waals surface area (Å²) in [7, 11) is 1.58. The summed E-state index contributed by atoms with van der Waals surface area (Å²) >= 11 is 8.02. The molecule has 3 saturated heterocycles. The van der Waals surface area contributed by atoms with Crippen LogP contribution >= 0.6 is 23.4 Å². The lowest BCUT2D eigenvalue weighted by Crippen LogP contribution is -2.53. The fraction of sp³-hybridized carbons (Fsp3) is 0.444. The first kappa shape index (κ1) is 25.1. The quantitative estimate of drug-likeness (QED) is 0.533. The molecule has 3 aliphatic heterocycles. The molecule has 2 unspecified atom stereocenters. The van der Waals surface area contributed by atoms with Crippen molar-refractivity contribution in [3.05, 3.63) is 64.7 Å². The number of carbonyl (C=O) groups is 3. The number of carbonyl (C=O) groups excluding carboxylic acids is 3. The molecule has 9 heteroatoms. The van der Waals surface area contributed by atoms with E-state index in [0.717, 1.165) is 17.5 Å². The summed E-state index contributed by atoms with van der Waals surface area (Å²) in [6.45, 7) is 3.54. The van der Waals surface area contributed by atoms with Crippen LogP contribution in [0.1, 0.15) is 36.9 Å². The first-order valence-electron chi connectivity index (χ1n) is 12.1. The second-order valence-corrected chi connectivity index (χ2v) is 12.4. The van der Waals surface area contributed by atoms with E-state index in [2.05, 4.69) is 10.6 Å². The highest BCUT2D eigenvalue weighted by atomic mass is 35.5. The molecule has 0 saturated carbocycles. The molecule has 5 rings (SSSR count). The van der Waals surface area contributed by atoms with Crippen molar-refractivity contribution in [3.8, 4) is 0 Å². The van der Waals surface area contributed by atoms with Crippen molar-refractivity contribution in [1.82, 2.24) is 10.2 Å². The lowest BCUT2D eigenvalue weighted by molar-refractivity contribution is -0.142. The van der Waals surface area contributed by atoms with Gasteiger partial charge in [0.15, 0.2) is 0 Å². The number of benzene rings is 2. The van der Waals surface area contributed by atoms with Gasteiger partial charge in [-0.05, 0) is 43.9 Å². The van der Waals surface area contributed by atoms with Gasteiger partial charge in [-0.2, -0.15) is 0 Å². The van der Waals surface area contributed by atoms with Gasteiger partial charge in [-0.1, -0.05) is 54.1 Å². The van der Waals surface area contributed by atoms with Gasteiger partial charge in [0.2, 0.25) is 17.7 Å². The zero-order chi connectivity index (χ0) is 25.8. The smallest absolute Gasteiger partial charge is 0.248 e. The number of para-hydroxylation sites is 1. The molecule has 1 spiro atoms. The van der Waals surface area contributed by atoms with Gasteiger partial charge >= 0.3 is 0 Å². The van der Waals surface area contributed by atoms with Gasteiger partial charge in [0.25, 0.3) is 0 Å². The Labute approximate surface area is 220 Å². The van der Waals surface area contributed by atoms with E-state index in [-0.39, 0.29) is 24.3 Å². The fourth-order valence-electron chi connectivity index (χ4n) is 6.57. The molecule has 3 fully saturated rings. The Bertz CT molecular complexity index is 1210. The number of hydrogen-bond acceptors (Lipinski definition) is 5. The lowest BCUT2D eigenvalue weighted by Gasteiger charge is -2.37. The van der Waals surface area contributed by atoms with Crippen molar-refractivity contribution in [3.63, 3.8) is 0 Å². The molecule has 7 nitrogen and oxygen atoms in total. The molecule has 190 valence electrons. The number of anilines is 1. The van der Waals surface area contributed by atoms with E-state index in [1.807, 2.05) is 56.3 Å². The first-order valence-corrected chi connectivity index (χ1v) is 13.3. The number of aliphatic hydroxyl groups excluding tert-OH is 1. The molecule has 2 aromatic rings. The largest absolute Gasteiger partial charge is 0.394 e. The van der Waals surface area contributed by atoms with Gasteiger partial charge in [0, 0.05) is 11.8 Å². The molecular formula is C27H30ClN3O4S. The molecule has 3 N–H and O–H groups in total. The highest BCUT2D eigenvalue weighted by Gasteiger charge is 2.77. The van der Waals surface area contributed by atoms with Crippen LogP contribution in [0.25, 0.3) is 0 Å². The summed E-state index contributed by atoms with van der Waals surface area (Å²) in [5.74, 6) is -2.04. The molecular weight excluding hydrogens is 498 g/mol. The van der Waals surface area contributed by atoms with E-state index in [9.17, 15) is 19.5 Å². The van der Waals surface area contributed by atoms with Crippen LogP contribution in [0.5, 0.6) is 0 Å². The van der Waals surface area contributed by atoms with Crippen molar-refractivity contribution in [2.45, 2.75) is 48.3 Å². The second kappa shape index (κ2) is 9.08. The number of likely N-dealkylation sites (tertiary alicyclic amines) is 1. The lowest BCUT2D eigenvalue weighted by atomic mass is 9.66. The van der Waals surface area contributed by atoms with Gasteiger partial charge in [-0.25, -0.2) is 0 Å². The van der Waals surface area contributed by atoms with E-state index < -0.39 is 33.4 Å². The molecule has 2 aromatic carbocycles. The van der Waals surface area contributed by atoms with Crippen LogP contribution in [0.4, 0.5) is 5.69 Å². The van der Waals surface area contributed by atoms with E-state index in [4.69, 9.17) is 11.6 Å². The third kappa shape index (κ3) is 3.56. The van der Waals surface area contributed by atoms with E-state index in [1.165, 1.54) is 4.90 Å². The highest BCUT2D eigenvalue weighted by molar-refractivity contribution is 8.02. The standard InChI is InChI=1S/C27H30ClN3O4S/c1-15-8-7-11-17(28)21(15)30-24(34)22-27-13-12-26(2,36-27)19(23(33)29-3)20(27)25(35)31(22)18(14-32)16-9-5-4-6-10-16/h4-11,18-20,22,32H,12-14H2,1-3H3,(H,29,33)(H,30,34)/t18-,19-,20+,22?,26+,27?/m1/s1. The zero-order valence-electron chi connectivity index (χ0n) is 20.5. The van der Waals surface area contributed by atoms with Gasteiger partial charge < -0.3 is 20.6 Å². The Morgan fingerprint density at radius 1 is 1.17 bits per heavy atom. The number of amides is 3. The molecule has 0 radical (unpaired) electrons. The van der Waals surface area contributed by atoms with E-state index in [0.29, 0.717) is 17.1 Å². The van der Waals surface area contributed by atoms with Crippen molar-refractivity contribution in [1.29, 1.82) is 0 Å². The molecule has 3 heterocycles. The van der Waals surface area contributed by atoms with Crippen LogP contribution in [0, 0.1) is 18.8 Å². The number of fused-ring (bicyclic) bond motifs is 1. The summed E-state index contributed by atoms with van der Waals surface area (Å²) in [5, 5.41) is 16.7. The molecule has 36 heavy (non-hydrogen) atoms. The molecule has 3 amide bonds. The third-order valence-corrected chi connectivity index (χ3v) is 10.5. The number of hydrogen-bond donors (Lipinski definition) is 3. The topological polar surface area (TPSA) is 98.7 Å². The SMILES string of the molecule is CNC(=O)[C@H]1[C@H]2C(=O)N([C@H](CO)c3ccccc3)C(C(=O)Nc3c(C)cccc3Cl)C23CC[C@]1(C)S3. The maximum atomic E-state index is 14.2. The van der Waals surface area contributed by atoms with Gasteiger partial charge in [0.05, 0.1) is 39.9 Å². The predicted octanol–water partition coefficient (Wildman–Crippen LogP) is 3.55. The number of rotatable bonds is 6. The van der Waals surface area contributed by atoms with Crippen molar-refractivity contribution >= 4 is 46.8 Å². The van der Waals surface area contributed by atoms with Gasteiger partial charge in [-0.15, -0.1) is 11.8 Å². The fourth-order valence-corrected chi connectivity index (χ4v) is 9.18. The monoisotopic (exact) mass is 527 g/mol. The number of halogens is 1. The van der Waals surface area contributed by atoms with Crippen molar-refractivity contribution in [2.75, 3.05) is 19.0 Å². The van der Waals surface area contributed by atoms with Gasteiger partial charge in [-0.3, -0.25) is 14.4 Å². The van der Waals surface area contributed by atoms with Gasteiger partial charge in [0.1, 0.15) is 6.04 Å². The second-order valence-electron chi connectivity index (χ2n) is 10.1. The van der Waals surface area contributed by atoms with E-state index >= 15 is 0 Å². The van der Waals surface area contributed by atoms with Crippen molar-refractivity contribution in [2.24, 2.45) is 11.8 Å². The number of thioether (sulfide) groups is 1. The van der Waals surface area contributed by atoms with Crippen LogP contribution < -0.4 is 10.6 Å². The third-order valence-electron chi connectivity index (χ3n) is 8.15. The average Bonchev–Trinajstić information content (AvgIpc) is 3.43. The normalized spacial score (nSPS) is 31.3. The summed E-state index contributed by atoms with van der Waals surface area (Å²) < 4.78 is -1.24. The molecule has 6 atom stereocenters. The van der Waals surface area contributed by atoms with Crippen LogP contribution in [0.3, 0.4) is 0 Å². The Morgan fingerprint density at radius 2 is 1.89 bits per heavy atom. The minimum absolute atomic E-state index is 0.187. The van der Waals surface area contributed by atoms with Crippen LogP contribution in [0.15, 0.2) is 48.5 Å². The summed E-state index contributed by atoms with van der Waals surface area (Å²) in [5.41, 5.74) is 2.04. The minimum atomic E-state index is -0.885. The molecule has 0 aromatic heterocycles. The predicted molar refractivity (Wildman–Crippen MR) is 141 cm³/mol. The molecule has 0 aliphatic carbocycles. The summed E-state index contributed by atoms with van der Waals surface area (Å²) in [6.07, 6.45) is 1.35. The Morgan fingerprint density at radius 3 is 2.53 bits per heavy atom. The summed E-state index contributed by atoms with van der Waals surface area (Å²) in [4.78, 5) is 43.0. The number of nitrogens with zero attached hydrogens (tertiary/aromatic N) is 1. The Hall–Kier alpha value is -2.55.